The zero-order valence-corrected chi connectivity index (χ0v) is 11.5. The van der Waals surface area contributed by atoms with Gasteiger partial charge in [0.25, 0.3) is 0 Å². The van der Waals surface area contributed by atoms with E-state index in [2.05, 4.69) is 22.1 Å². The summed E-state index contributed by atoms with van der Waals surface area (Å²) < 4.78 is 2.00. The number of benzene rings is 1. The molecule has 0 unspecified atom stereocenters. The van der Waals surface area contributed by atoms with Gasteiger partial charge in [-0.3, -0.25) is 0 Å². The van der Waals surface area contributed by atoms with Gasteiger partial charge in [-0.2, -0.15) is 0 Å². The standard InChI is InChI=1S/C16H17N3O/c1-12-9-14-16(17-11-12)19(7-8-20)15(18-14)10-13-5-3-2-4-6-13/h2-6,9,11,20H,7-8,10H2,1H3. The molecule has 0 radical (unpaired) electrons. The fraction of sp³-hybridized carbons (Fsp3) is 0.250. The molecular formula is C16H17N3O. The van der Waals surface area contributed by atoms with Gasteiger partial charge >= 0.3 is 0 Å². The van der Waals surface area contributed by atoms with Gasteiger partial charge in [0.1, 0.15) is 11.3 Å². The van der Waals surface area contributed by atoms with Gasteiger partial charge in [0.2, 0.25) is 0 Å². The Morgan fingerprint density at radius 3 is 2.75 bits per heavy atom. The molecule has 0 bridgehead atoms. The second kappa shape index (κ2) is 5.43. The molecule has 0 amide bonds. The molecule has 0 fully saturated rings. The van der Waals surface area contributed by atoms with Crippen molar-refractivity contribution < 1.29 is 5.11 Å². The molecule has 1 N–H and O–H groups in total. The summed E-state index contributed by atoms with van der Waals surface area (Å²) in [6, 6.07) is 12.3. The highest BCUT2D eigenvalue weighted by Gasteiger charge is 2.12. The van der Waals surface area contributed by atoms with Crippen LogP contribution in [0.2, 0.25) is 0 Å². The van der Waals surface area contributed by atoms with Crippen molar-refractivity contribution in [1.29, 1.82) is 0 Å². The highest BCUT2D eigenvalue weighted by molar-refractivity contribution is 5.72. The number of rotatable bonds is 4. The lowest BCUT2D eigenvalue weighted by atomic mass is 10.1. The van der Waals surface area contributed by atoms with E-state index in [1.54, 1.807) is 0 Å². The number of aromatic nitrogens is 3. The summed E-state index contributed by atoms with van der Waals surface area (Å²) in [5, 5.41) is 9.27. The maximum atomic E-state index is 9.27. The zero-order valence-electron chi connectivity index (χ0n) is 11.5. The molecule has 0 aliphatic carbocycles. The van der Waals surface area contributed by atoms with Crippen molar-refractivity contribution >= 4 is 11.2 Å². The van der Waals surface area contributed by atoms with Crippen molar-refractivity contribution in [3.05, 3.63) is 59.5 Å². The first-order chi connectivity index (χ1) is 9.78. The number of nitrogens with zero attached hydrogens (tertiary/aromatic N) is 3. The van der Waals surface area contributed by atoms with Gasteiger partial charge in [0.15, 0.2) is 5.65 Å². The van der Waals surface area contributed by atoms with E-state index in [4.69, 9.17) is 0 Å². The highest BCUT2D eigenvalue weighted by atomic mass is 16.3. The van der Waals surface area contributed by atoms with Crippen molar-refractivity contribution in [2.24, 2.45) is 0 Å². The van der Waals surface area contributed by atoms with E-state index in [1.165, 1.54) is 5.56 Å². The number of aliphatic hydroxyl groups excluding tert-OH is 1. The van der Waals surface area contributed by atoms with E-state index in [9.17, 15) is 5.11 Å². The first kappa shape index (κ1) is 12.8. The average Bonchev–Trinajstić information content (AvgIpc) is 2.77. The van der Waals surface area contributed by atoms with Crippen LogP contribution in [0.25, 0.3) is 11.2 Å². The second-order valence-electron chi connectivity index (χ2n) is 4.92. The molecular weight excluding hydrogens is 250 g/mol. The van der Waals surface area contributed by atoms with Gasteiger partial charge in [-0.15, -0.1) is 0 Å². The SMILES string of the molecule is Cc1cnc2c(c1)nc(Cc1ccccc1)n2CCO. The van der Waals surface area contributed by atoms with E-state index in [0.29, 0.717) is 6.54 Å². The van der Waals surface area contributed by atoms with Gasteiger partial charge in [-0.05, 0) is 24.1 Å². The topological polar surface area (TPSA) is 50.9 Å². The fourth-order valence-corrected chi connectivity index (χ4v) is 2.41. The van der Waals surface area contributed by atoms with E-state index in [1.807, 2.05) is 42.0 Å². The molecule has 20 heavy (non-hydrogen) atoms. The lowest BCUT2D eigenvalue weighted by Crippen LogP contribution is -2.08. The predicted octanol–water partition coefficient (Wildman–Crippen LogP) is 2.32. The maximum Gasteiger partial charge on any atom is 0.160 e. The van der Waals surface area contributed by atoms with E-state index in [-0.39, 0.29) is 6.61 Å². The van der Waals surface area contributed by atoms with E-state index >= 15 is 0 Å². The molecule has 1 aromatic carbocycles. The predicted molar refractivity (Wildman–Crippen MR) is 78.6 cm³/mol. The van der Waals surface area contributed by atoms with E-state index in [0.717, 1.165) is 29.0 Å². The number of hydrogen-bond donors (Lipinski definition) is 1. The van der Waals surface area contributed by atoms with Crippen LogP contribution in [-0.4, -0.2) is 26.2 Å². The Hall–Kier alpha value is -2.20. The number of aryl methyl sites for hydroxylation is 1. The summed E-state index contributed by atoms with van der Waals surface area (Å²) in [5.41, 5.74) is 4.04. The number of hydrogen-bond acceptors (Lipinski definition) is 3. The third-order valence-electron chi connectivity index (χ3n) is 3.33. The van der Waals surface area contributed by atoms with Gasteiger partial charge in [-0.25, -0.2) is 9.97 Å². The van der Waals surface area contributed by atoms with Crippen molar-refractivity contribution in [1.82, 2.24) is 14.5 Å². The van der Waals surface area contributed by atoms with Crippen molar-refractivity contribution in [2.75, 3.05) is 6.61 Å². The second-order valence-corrected chi connectivity index (χ2v) is 4.92. The molecule has 0 spiro atoms. The molecule has 2 aromatic heterocycles. The molecule has 3 rings (SSSR count). The zero-order chi connectivity index (χ0) is 13.9. The first-order valence-electron chi connectivity index (χ1n) is 6.74. The van der Waals surface area contributed by atoms with Gasteiger partial charge < -0.3 is 9.67 Å². The Bertz CT molecular complexity index is 719. The molecule has 3 aromatic rings. The Labute approximate surface area is 117 Å². The number of pyridine rings is 1. The number of fused-ring (bicyclic) bond motifs is 1. The first-order valence-corrected chi connectivity index (χ1v) is 6.74. The summed E-state index contributed by atoms with van der Waals surface area (Å²) in [6.07, 6.45) is 2.58. The molecule has 102 valence electrons. The van der Waals surface area contributed by atoms with Crippen LogP contribution in [0.3, 0.4) is 0 Å². The van der Waals surface area contributed by atoms with Crippen LogP contribution < -0.4 is 0 Å². The molecule has 0 aliphatic rings. The van der Waals surface area contributed by atoms with E-state index < -0.39 is 0 Å². The Kier molecular flexibility index (Phi) is 3.48. The molecule has 0 aliphatic heterocycles. The fourth-order valence-electron chi connectivity index (χ4n) is 2.41. The molecule has 2 heterocycles. The lowest BCUT2D eigenvalue weighted by Gasteiger charge is -2.06. The monoisotopic (exact) mass is 267 g/mol. The van der Waals surface area contributed by atoms with Crippen LogP contribution in [0.5, 0.6) is 0 Å². The molecule has 0 atom stereocenters. The quantitative estimate of drug-likeness (QED) is 0.789. The minimum absolute atomic E-state index is 0.0861. The van der Waals surface area contributed by atoms with Crippen molar-refractivity contribution in [2.45, 2.75) is 19.9 Å². The Balaban J connectivity index is 2.06. The van der Waals surface area contributed by atoms with Crippen LogP contribution in [-0.2, 0) is 13.0 Å². The third kappa shape index (κ3) is 2.42. The van der Waals surface area contributed by atoms with Crippen molar-refractivity contribution in [3.8, 4) is 0 Å². The summed E-state index contributed by atoms with van der Waals surface area (Å²) in [6.45, 7) is 2.62. The summed E-state index contributed by atoms with van der Waals surface area (Å²) in [5.74, 6) is 0.943. The number of aliphatic hydroxyl groups is 1. The summed E-state index contributed by atoms with van der Waals surface area (Å²) in [7, 11) is 0. The van der Waals surface area contributed by atoms with Gasteiger partial charge in [-0.1, -0.05) is 30.3 Å². The minimum Gasteiger partial charge on any atom is -0.395 e. The highest BCUT2D eigenvalue weighted by Crippen LogP contribution is 2.17. The van der Waals surface area contributed by atoms with Crippen LogP contribution in [0.4, 0.5) is 0 Å². The van der Waals surface area contributed by atoms with Crippen LogP contribution in [0, 0.1) is 6.92 Å². The summed E-state index contributed by atoms with van der Waals surface area (Å²) in [4.78, 5) is 9.13. The van der Waals surface area contributed by atoms with Crippen LogP contribution in [0.15, 0.2) is 42.6 Å². The average molecular weight is 267 g/mol. The Morgan fingerprint density at radius 1 is 1.20 bits per heavy atom. The lowest BCUT2D eigenvalue weighted by molar-refractivity contribution is 0.276. The maximum absolute atomic E-state index is 9.27. The van der Waals surface area contributed by atoms with Crippen molar-refractivity contribution in [3.63, 3.8) is 0 Å². The molecule has 0 saturated carbocycles. The van der Waals surface area contributed by atoms with Gasteiger partial charge in [0.05, 0.1) is 6.61 Å². The third-order valence-corrected chi connectivity index (χ3v) is 3.33. The van der Waals surface area contributed by atoms with Crippen LogP contribution in [0.1, 0.15) is 17.0 Å². The molecule has 4 heteroatoms. The normalized spacial score (nSPS) is 11.1. The summed E-state index contributed by atoms with van der Waals surface area (Å²) >= 11 is 0. The largest absolute Gasteiger partial charge is 0.395 e. The minimum atomic E-state index is 0.0861. The van der Waals surface area contributed by atoms with Gasteiger partial charge in [0, 0.05) is 19.2 Å². The Morgan fingerprint density at radius 2 is 2.00 bits per heavy atom. The molecule has 4 nitrogen and oxygen atoms in total. The van der Waals surface area contributed by atoms with Crippen LogP contribution >= 0.6 is 0 Å². The number of imidazole rings is 1. The molecule has 0 saturated heterocycles. The smallest absolute Gasteiger partial charge is 0.160 e.